The Bertz CT molecular complexity index is 1000. The molecular weight excluding hydrogens is 404 g/mol. The van der Waals surface area contributed by atoms with Crippen LogP contribution in [-0.2, 0) is 26.2 Å². The van der Waals surface area contributed by atoms with Crippen LogP contribution in [0.5, 0.6) is 0 Å². The Labute approximate surface area is 188 Å². The number of nitrogens with zero attached hydrogens (tertiary/aromatic N) is 4. The number of hydrogen-bond donors (Lipinski definition) is 2. The first kappa shape index (κ1) is 19.8. The molecule has 1 aromatic heterocycles. The monoisotopic (exact) mass is 430 g/mol. The lowest BCUT2D eigenvalue weighted by atomic mass is 10.1. The van der Waals surface area contributed by atoms with Crippen LogP contribution in [0.1, 0.15) is 36.1 Å². The molecule has 158 valence electrons. The van der Waals surface area contributed by atoms with Crippen molar-refractivity contribution in [2.45, 2.75) is 46.1 Å². The van der Waals surface area contributed by atoms with Crippen LogP contribution in [0.15, 0.2) is 54.6 Å². The molecule has 31 heavy (non-hydrogen) atoms. The predicted molar refractivity (Wildman–Crippen MR) is 129 cm³/mol. The summed E-state index contributed by atoms with van der Waals surface area (Å²) in [5, 5.41) is 6.93. The zero-order chi connectivity index (χ0) is 21.4. The summed E-state index contributed by atoms with van der Waals surface area (Å²) < 4.78 is 0. The number of nitrogens with one attached hydrogen (secondary N) is 2. The van der Waals surface area contributed by atoms with Crippen molar-refractivity contribution in [1.82, 2.24) is 15.3 Å². The largest absolute Gasteiger partial charge is 0.360 e. The van der Waals surface area contributed by atoms with E-state index in [9.17, 15) is 0 Å². The molecule has 0 spiro atoms. The summed E-state index contributed by atoms with van der Waals surface area (Å²) in [7, 11) is 0. The number of fused-ring (bicyclic) bond motifs is 2. The molecule has 0 bridgehead atoms. The summed E-state index contributed by atoms with van der Waals surface area (Å²) in [5.41, 5.74) is 5.40. The van der Waals surface area contributed by atoms with E-state index in [0.29, 0.717) is 11.1 Å². The summed E-state index contributed by atoms with van der Waals surface area (Å²) in [6, 6.07) is 19.5. The van der Waals surface area contributed by atoms with Crippen molar-refractivity contribution in [2.24, 2.45) is 0 Å². The second-order valence-electron chi connectivity index (χ2n) is 8.41. The van der Waals surface area contributed by atoms with E-state index in [1.54, 1.807) is 0 Å². The third-order valence-electron chi connectivity index (χ3n) is 5.67. The molecule has 0 saturated carbocycles. The lowest BCUT2D eigenvalue weighted by molar-refractivity contribution is 0.738. The molecule has 2 aliphatic rings. The van der Waals surface area contributed by atoms with Gasteiger partial charge in [-0.05, 0) is 48.3 Å². The Morgan fingerprint density at radius 3 is 1.61 bits per heavy atom. The average molecular weight is 431 g/mol. The maximum atomic E-state index is 5.45. The highest BCUT2D eigenvalue weighted by Crippen LogP contribution is 2.32. The van der Waals surface area contributed by atoms with Crippen LogP contribution in [0.4, 0.5) is 17.6 Å². The van der Waals surface area contributed by atoms with Crippen LogP contribution >= 0.6 is 12.2 Å². The van der Waals surface area contributed by atoms with Gasteiger partial charge in [0.25, 0.3) is 0 Å². The second-order valence-corrected chi connectivity index (χ2v) is 8.82. The molecule has 7 heteroatoms. The van der Waals surface area contributed by atoms with E-state index < -0.39 is 0 Å². The van der Waals surface area contributed by atoms with Crippen LogP contribution in [-0.4, -0.2) is 21.1 Å². The lowest BCUT2D eigenvalue weighted by Gasteiger charge is -2.23. The minimum absolute atomic E-state index is 0.240. The molecule has 0 saturated heterocycles. The number of hydrogen-bond acceptors (Lipinski definition) is 5. The first-order valence-corrected chi connectivity index (χ1v) is 11.1. The molecule has 6 nitrogen and oxygen atoms in total. The van der Waals surface area contributed by atoms with Gasteiger partial charge in [0.15, 0.2) is 5.11 Å². The van der Waals surface area contributed by atoms with Gasteiger partial charge in [0.2, 0.25) is 5.95 Å². The second kappa shape index (κ2) is 8.15. The maximum Gasteiger partial charge on any atom is 0.232 e. The van der Waals surface area contributed by atoms with E-state index in [1.807, 2.05) is 0 Å². The van der Waals surface area contributed by atoms with Crippen molar-refractivity contribution in [1.29, 1.82) is 0 Å². The third kappa shape index (κ3) is 4.18. The fourth-order valence-corrected chi connectivity index (χ4v) is 4.52. The molecule has 0 aliphatic carbocycles. The highest BCUT2D eigenvalue weighted by atomic mass is 32.1. The van der Waals surface area contributed by atoms with Crippen molar-refractivity contribution in [3.05, 3.63) is 76.9 Å². The van der Waals surface area contributed by atoms with Crippen molar-refractivity contribution >= 4 is 34.9 Å². The summed E-state index contributed by atoms with van der Waals surface area (Å²) >= 11 is 5.45. The summed E-state index contributed by atoms with van der Waals surface area (Å²) in [5.74, 6) is 2.34. The van der Waals surface area contributed by atoms with E-state index in [0.717, 1.165) is 37.8 Å². The number of thiocarbonyl (C=S) groups is 1. The normalized spacial score (nSPS) is 14.5. The lowest BCUT2D eigenvalue weighted by Crippen LogP contribution is -2.34. The van der Waals surface area contributed by atoms with E-state index in [1.165, 1.54) is 22.3 Å². The first-order chi connectivity index (χ1) is 15.0. The van der Waals surface area contributed by atoms with Gasteiger partial charge >= 0.3 is 0 Å². The Morgan fingerprint density at radius 2 is 1.23 bits per heavy atom. The van der Waals surface area contributed by atoms with Gasteiger partial charge in [-0.1, -0.05) is 48.5 Å². The van der Waals surface area contributed by atoms with Gasteiger partial charge in [-0.3, -0.25) is 0 Å². The number of anilines is 3. The molecule has 0 fully saturated rings. The molecule has 0 amide bonds. The molecule has 2 aliphatic heterocycles. The maximum absolute atomic E-state index is 5.45. The topological polar surface area (TPSA) is 56.3 Å². The Hall–Kier alpha value is -3.19. The highest BCUT2D eigenvalue weighted by Gasteiger charge is 2.25. The molecule has 0 radical (unpaired) electrons. The van der Waals surface area contributed by atoms with Gasteiger partial charge in [0.05, 0.1) is 0 Å². The molecule has 0 atom stereocenters. The van der Waals surface area contributed by atoms with Crippen LogP contribution in [0.2, 0.25) is 0 Å². The summed E-state index contributed by atoms with van der Waals surface area (Å²) in [6.45, 7) is 7.50. The minimum atomic E-state index is 0.240. The zero-order valence-electron chi connectivity index (χ0n) is 17.8. The molecule has 5 rings (SSSR count). The quantitative estimate of drug-likeness (QED) is 0.601. The van der Waals surface area contributed by atoms with Crippen LogP contribution < -0.4 is 20.4 Å². The number of rotatable bonds is 4. The average Bonchev–Trinajstić information content (AvgIpc) is 3.37. The van der Waals surface area contributed by atoms with Crippen molar-refractivity contribution in [3.63, 3.8) is 0 Å². The first-order valence-electron chi connectivity index (χ1n) is 10.7. The summed E-state index contributed by atoms with van der Waals surface area (Å²) in [6.07, 6.45) is 0. The predicted octanol–water partition coefficient (Wildman–Crippen LogP) is 4.21. The molecule has 2 N–H and O–H groups in total. The van der Waals surface area contributed by atoms with Gasteiger partial charge in [-0.15, -0.1) is 0 Å². The van der Waals surface area contributed by atoms with E-state index >= 15 is 0 Å². The van der Waals surface area contributed by atoms with Crippen LogP contribution in [0, 0.1) is 0 Å². The van der Waals surface area contributed by atoms with Gasteiger partial charge in [-0.2, -0.15) is 9.97 Å². The Balaban J connectivity index is 1.45. The third-order valence-corrected chi connectivity index (χ3v) is 5.89. The summed E-state index contributed by atoms with van der Waals surface area (Å²) in [4.78, 5) is 14.2. The van der Waals surface area contributed by atoms with Gasteiger partial charge in [-0.25, -0.2) is 0 Å². The standard InChI is InChI=1S/C24H26N6S/c1-16(2)25-24(31)28-23-26-21(29-12-17-7-3-4-8-18(17)13-29)11-22(27-23)30-14-19-9-5-6-10-20(19)15-30/h3-11,16H,12-15H2,1-2H3,(H2,25,26,27,28,31). The highest BCUT2D eigenvalue weighted by molar-refractivity contribution is 7.80. The number of benzene rings is 2. The smallest absolute Gasteiger partial charge is 0.232 e. The SMILES string of the molecule is CC(C)NC(=S)Nc1nc(N2Cc3ccccc3C2)cc(N2Cc3ccccc3C2)n1. The fraction of sp³-hybridized carbons (Fsp3) is 0.292. The number of aromatic nitrogens is 2. The molecule has 3 aromatic rings. The molecular formula is C24H26N6S. The van der Waals surface area contributed by atoms with Crippen LogP contribution in [0.3, 0.4) is 0 Å². The van der Waals surface area contributed by atoms with Gasteiger partial charge in [0.1, 0.15) is 11.6 Å². The van der Waals surface area contributed by atoms with Crippen molar-refractivity contribution in [2.75, 3.05) is 15.1 Å². The zero-order valence-corrected chi connectivity index (χ0v) is 18.6. The Kier molecular flexibility index (Phi) is 5.19. The van der Waals surface area contributed by atoms with Gasteiger partial charge < -0.3 is 20.4 Å². The van der Waals surface area contributed by atoms with E-state index in [2.05, 4.69) is 88.9 Å². The minimum Gasteiger partial charge on any atom is -0.360 e. The van der Waals surface area contributed by atoms with Gasteiger partial charge in [0, 0.05) is 38.3 Å². The van der Waals surface area contributed by atoms with E-state index in [-0.39, 0.29) is 6.04 Å². The fourth-order valence-electron chi connectivity index (χ4n) is 4.19. The van der Waals surface area contributed by atoms with Crippen molar-refractivity contribution < 1.29 is 0 Å². The molecule has 3 heterocycles. The van der Waals surface area contributed by atoms with Crippen LogP contribution in [0.25, 0.3) is 0 Å². The molecule has 0 unspecified atom stereocenters. The van der Waals surface area contributed by atoms with E-state index in [4.69, 9.17) is 22.2 Å². The molecule has 2 aromatic carbocycles. The Morgan fingerprint density at radius 1 is 0.806 bits per heavy atom. The van der Waals surface area contributed by atoms with Crippen molar-refractivity contribution in [3.8, 4) is 0 Å².